The molecular weight excluding hydrogens is 408 g/mol. The molecule has 2 saturated carbocycles. The molecule has 3 aliphatic rings. The van der Waals surface area contributed by atoms with Crippen LogP contribution in [-0.4, -0.2) is 35.7 Å². The Bertz CT molecular complexity index is 747. The number of hydrogen-bond donors (Lipinski definition) is 1. The van der Waals surface area contributed by atoms with Crippen molar-refractivity contribution in [2.45, 2.75) is 97.7 Å². The molecule has 2 aliphatic carbocycles. The van der Waals surface area contributed by atoms with Gasteiger partial charge in [0.25, 0.3) is 0 Å². The van der Waals surface area contributed by atoms with Crippen LogP contribution in [0.2, 0.25) is 0 Å². The molecule has 3 rings (SSSR count). The van der Waals surface area contributed by atoms with Crippen molar-refractivity contribution in [3.63, 3.8) is 0 Å². The Kier molecular flexibility index (Phi) is 7.55. The second-order valence-corrected chi connectivity index (χ2v) is 10.4. The van der Waals surface area contributed by atoms with E-state index >= 15 is 0 Å². The highest BCUT2D eigenvalue weighted by Gasteiger charge is 2.70. The van der Waals surface area contributed by atoms with Gasteiger partial charge in [-0.25, -0.2) is 0 Å². The van der Waals surface area contributed by atoms with Gasteiger partial charge in [0, 0.05) is 24.7 Å². The van der Waals surface area contributed by atoms with E-state index in [9.17, 15) is 14.7 Å². The summed E-state index contributed by atoms with van der Waals surface area (Å²) in [7, 11) is 0. The molecule has 0 unspecified atom stereocenters. The van der Waals surface area contributed by atoms with Crippen LogP contribution < -0.4 is 0 Å². The van der Waals surface area contributed by atoms with Gasteiger partial charge in [-0.2, -0.15) is 0 Å². The Morgan fingerprint density at radius 1 is 1.25 bits per heavy atom. The average molecular weight is 449 g/mol. The van der Waals surface area contributed by atoms with Crippen LogP contribution in [-0.2, 0) is 23.8 Å². The van der Waals surface area contributed by atoms with E-state index in [0.717, 1.165) is 31.3 Å². The Hall–Kier alpha value is -1.66. The monoisotopic (exact) mass is 448 g/mol. The first-order chi connectivity index (χ1) is 15.1. The summed E-state index contributed by atoms with van der Waals surface area (Å²) in [4.78, 5) is 24.4. The SMILES string of the molecule is C=CC(=C)CC[C@]1(C)[C@H]2C[C@H](O)C[C@@H]3[C@H](OC(=O)CCC)O[C@H](OC(C)=O)[C@@]32CC[C@@H]1C. The maximum atomic E-state index is 12.3. The summed E-state index contributed by atoms with van der Waals surface area (Å²) in [5.74, 6) is -0.461. The highest BCUT2D eigenvalue weighted by atomic mass is 16.8. The van der Waals surface area contributed by atoms with Crippen molar-refractivity contribution in [1.82, 2.24) is 0 Å². The third-order valence-corrected chi connectivity index (χ3v) is 8.58. The van der Waals surface area contributed by atoms with Crippen molar-refractivity contribution in [2.24, 2.45) is 28.6 Å². The summed E-state index contributed by atoms with van der Waals surface area (Å²) < 4.78 is 17.7. The number of allylic oxidation sites excluding steroid dienone is 2. The minimum atomic E-state index is -0.809. The van der Waals surface area contributed by atoms with E-state index in [-0.39, 0.29) is 23.2 Å². The Labute approximate surface area is 192 Å². The highest BCUT2D eigenvalue weighted by molar-refractivity contribution is 5.69. The highest BCUT2D eigenvalue weighted by Crippen LogP contribution is 2.68. The smallest absolute Gasteiger partial charge is 0.308 e. The molecule has 6 heteroatoms. The maximum absolute atomic E-state index is 12.3. The number of ether oxygens (including phenoxy) is 3. The summed E-state index contributed by atoms with van der Waals surface area (Å²) in [6, 6.07) is 0. The lowest BCUT2D eigenvalue weighted by Gasteiger charge is -2.61. The van der Waals surface area contributed by atoms with Crippen LogP contribution in [0.1, 0.15) is 79.1 Å². The molecule has 0 amide bonds. The van der Waals surface area contributed by atoms with E-state index in [4.69, 9.17) is 14.2 Å². The number of aliphatic hydroxyl groups excluding tert-OH is 1. The first-order valence-corrected chi connectivity index (χ1v) is 12.1. The molecular formula is C26H40O6. The van der Waals surface area contributed by atoms with Gasteiger partial charge in [0.15, 0.2) is 0 Å². The molecule has 0 bridgehead atoms. The molecule has 180 valence electrons. The van der Waals surface area contributed by atoms with Gasteiger partial charge in [-0.05, 0) is 62.2 Å². The molecule has 1 saturated heterocycles. The van der Waals surface area contributed by atoms with Crippen LogP contribution in [0.3, 0.4) is 0 Å². The van der Waals surface area contributed by atoms with Crippen LogP contribution in [0.5, 0.6) is 0 Å². The zero-order valence-electron chi connectivity index (χ0n) is 20.1. The van der Waals surface area contributed by atoms with Gasteiger partial charge in [-0.15, -0.1) is 0 Å². The molecule has 1 spiro atoms. The van der Waals surface area contributed by atoms with Crippen LogP contribution in [0.15, 0.2) is 24.8 Å². The van der Waals surface area contributed by atoms with Crippen LogP contribution in [0.4, 0.5) is 0 Å². The summed E-state index contributed by atoms with van der Waals surface area (Å²) in [5, 5.41) is 10.9. The zero-order valence-corrected chi connectivity index (χ0v) is 20.1. The van der Waals surface area contributed by atoms with Crippen LogP contribution in [0.25, 0.3) is 0 Å². The normalized spacial score (nSPS) is 40.7. The minimum Gasteiger partial charge on any atom is -0.435 e. The van der Waals surface area contributed by atoms with Crippen LogP contribution >= 0.6 is 0 Å². The van der Waals surface area contributed by atoms with Gasteiger partial charge in [0.05, 0.1) is 6.10 Å². The van der Waals surface area contributed by atoms with Crippen molar-refractivity contribution in [1.29, 1.82) is 0 Å². The number of hydrogen-bond acceptors (Lipinski definition) is 6. The second kappa shape index (κ2) is 9.68. The van der Waals surface area contributed by atoms with Gasteiger partial charge in [-0.1, -0.05) is 45.6 Å². The Balaban J connectivity index is 2.01. The summed E-state index contributed by atoms with van der Waals surface area (Å²) >= 11 is 0. The fourth-order valence-corrected chi connectivity index (χ4v) is 6.65. The van der Waals surface area contributed by atoms with Crippen molar-refractivity contribution in [2.75, 3.05) is 0 Å². The summed E-state index contributed by atoms with van der Waals surface area (Å²) in [6.45, 7) is 15.8. The minimum absolute atomic E-state index is 0.0596. The third-order valence-electron chi connectivity index (χ3n) is 8.58. The van der Waals surface area contributed by atoms with E-state index in [1.165, 1.54) is 6.92 Å². The van der Waals surface area contributed by atoms with E-state index in [1.807, 2.05) is 6.92 Å². The van der Waals surface area contributed by atoms with Crippen LogP contribution in [0, 0.1) is 28.6 Å². The van der Waals surface area contributed by atoms with Gasteiger partial charge < -0.3 is 19.3 Å². The van der Waals surface area contributed by atoms with Crippen molar-refractivity contribution >= 4 is 11.9 Å². The molecule has 32 heavy (non-hydrogen) atoms. The molecule has 1 aliphatic heterocycles. The summed E-state index contributed by atoms with van der Waals surface area (Å²) in [5.41, 5.74) is 0.392. The van der Waals surface area contributed by atoms with Gasteiger partial charge in [-0.3, -0.25) is 9.59 Å². The van der Waals surface area contributed by atoms with Crippen molar-refractivity contribution < 1.29 is 28.9 Å². The van der Waals surface area contributed by atoms with Crippen molar-refractivity contribution in [3.05, 3.63) is 24.8 Å². The molecule has 1 heterocycles. The van der Waals surface area contributed by atoms with E-state index in [2.05, 4.69) is 27.0 Å². The molecule has 8 atom stereocenters. The Morgan fingerprint density at radius 2 is 1.97 bits per heavy atom. The first-order valence-electron chi connectivity index (χ1n) is 12.1. The Morgan fingerprint density at radius 3 is 2.59 bits per heavy atom. The lowest BCUT2D eigenvalue weighted by molar-refractivity contribution is -0.238. The number of rotatable bonds is 8. The number of carbonyl (C=O) groups is 2. The molecule has 0 aromatic heterocycles. The lowest BCUT2D eigenvalue weighted by atomic mass is 9.44. The first kappa shape index (κ1) is 25.0. The quantitative estimate of drug-likeness (QED) is 0.420. The maximum Gasteiger partial charge on any atom is 0.308 e. The molecule has 1 N–H and O–H groups in total. The van der Waals surface area contributed by atoms with E-state index in [1.54, 1.807) is 6.08 Å². The average Bonchev–Trinajstić information content (AvgIpc) is 3.00. The molecule has 0 aromatic rings. The zero-order chi connectivity index (χ0) is 23.7. The molecule has 0 aromatic carbocycles. The number of aliphatic hydroxyl groups is 1. The molecule has 6 nitrogen and oxygen atoms in total. The number of carbonyl (C=O) groups excluding carboxylic acids is 2. The second-order valence-electron chi connectivity index (χ2n) is 10.4. The fraction of sp³-hybridized carbons (Fsp3) is 0.769. The van der Waals surface area contributed by atoms with E-state index in [0.29, 0.717) is 31.6 Å². The predicted octanol–water partition coefficient (Wildman–Crippen LogP) is 4.91. The lowest BCUT2D eigenvalue weighted by Crippen LogP contribution is -2.60. The summed E-state index contributed by atoms with van der Waals surface area (Å²) in [6.07, 6.45) is 5.27. The standard InChI is InChI=1S/C26H40O6/c1-7-9-22(29)31-23-20-14-19(28)15-21-25(6,12-10-16(3)8-2)17(4)11-13-26(20,21)24(32-23)30-18(5)27/h8,17,19-21,23-24,28H,2-3,7,9-15H2,1,4-6H3/t17-,19+,20+,21+,23+,24-,25-,26-/m0/s1. The fourth-order valence-electron chi connectivity index (χ4n) is 6.65. The van der Waals surface area contributed by atoms with Gasteiger partial charge in [0.2, 0.25) is 12.6 Å². The number of esters is 2. The third kappa shape index (κ3) is 4.41. The predicted molar refractivity (Wildman–Crippen MR) is 121 cm³/mol. The topological polar surface area (TPSA) is 82.1 Å². The van der Waals surface area contributed by atoms with Gasteiger partial charge in [0.1, 0.15) is 0 Å². The van der Waals surface area contributed by atoms with Gasteiger partial charge >= 0.3 is 11.9 Å². The molecule has 3 fully saturated rings. The largest absolute Gasteiger partial charge is 0.435 e. The molecule has 0 radical (unpaired) electrons. The van der Waals surface area contributed by atoms with E-state index < -0.39 is 30.1 Å². The van der Waals surface area contributed by atoms with Crippen molar-refractivity contribution in [3.8, 4) is 0 Å².